The Morgan fingerprint density at radius 1 is 1.03 bits per heavy atom. The summed E-state index contributed by atoms with van der Waals surface area (Å²) in [7, 11) is 1.85. The number of hydrogen-bond acceptors (Lipinski definition) is 4. The van der Waals surface area contributed by atoms with Crippen LogP contribution in [0.5, 0.6) is 5.75 Å². The lowest BCUT2D eigenvalue weighted by Crippen LogP contribution is -2.24. The molecule has 0 unspecified atom stereocenters. The van der Waals surface area contributed by atoms with Crippen LogP contribution in [0.3, 0.4) is 0 Å². The van der Waals surface area contributed by atoms with E-state index >= 15 is 0 Å². The minimum atomic E-state index is -4.39. The number of anilines is 2. The van der Waals surface area contributed by atoms with Crippen LogP contribution in [0.25, 0.3) is 10.9 Å². The smallest absolute Gasteiger partial charge is 0.416 e. The van der Waals surface area contributed by atoms with Crippen LogP contribution in [-0.2, 0) is 12.8 Å². The van der Waals surface area contributed by atoms with Crippen LogP contribution in [-0.4, -0.2) is 25.1 Å². The van der Waals surface area contributed by atoms with E-state index in [1.165, 1.54) is 37.4 Å². The van der Waals surface area contributed by atoms with Crippen molar-refractivity contribution in [3.8, 4) is 5.75 Å². The van der Waals surface area contributed by atoms with Crippen LogP contribution in [0, 0.1) is 6.92 Å². The molecular weight excluding hydrogens is 415 g/mol. The second kappa shape index (κ2) is 9.27. The number of aromatic nitrogens is 1. The van der Waals surface area contributed by atoms with Crippen molar-refractivity contribution in [2.24, 2.45) is 0 Å². The summed E-state index contributed by atoms with van der Waals surface area (Å²) in [6.07, 6.45) is 0.486. The van der Waals surface area contributed by atoms with Crippen molar-refractivity contribution in [3.05, 3.63) is 59.2 Å². The number of pyridine rings is 1. The molecule has 0 aliphatic carbocycles. The summed E-state index contributed by atoms with van der Waals surface area (Å²) < 4.78 is 44.7. The molecule has 3 aromatic rings. The molecule has 7 heteroatoms. The van der Waals surface area contributed by atoms with Gasteiger partial charge in [-0.2, -0.15) is 13.2 Å². The fourth-order valence-electron chi connectivity index (χ4n) is 4.19. The molecule has 170 valence electrons. The minimum absolute atomic E-state index is 0.174. The highest BCUT2D eigenvalue weighted by Gasteiger charge is 2.30. The SMILES string of the molecule is CNc1cc(N2CCCCCC2)c2cc(C)c(COc3cccc(C(F)(F)F)c3)cc2n1. The lowest BCUT2D eigenvalue weighted by Gasteiger charge is -2.25. The van der Waals surface area contributed by atoms with E-state index in [1.54, 1.807) is 6.07 Å². The number of fused-ring (bicyclic) bond motifs is 1. The van der Waals surface area contributed by atoms with Crippen molar-refractivity contribution in [2.75, 3.05) is 30.4 Å². The topological polar surface area (TPSA) is 37.4 Å². The van der Waals surface area contributed by atoms with E-state index in [0.29, 0.717) is 0 Å². The molecule has 0 amide bonds. The number of halogens is 3. The Kier molecular flexibility index (Phi) is 6.44. The summed E-state index contributed by atoms with van der Waals surface area (Å²) in [4.78, 5) is 7.17. The first kappa shape index (κ1) is 22.2. The van der Waals surface area contributed by atoms with Gasteiger partial charge in [0, 0.05) is 37.3 Å². The Morgan fingerprint density at radius 3 is 2.47 bits per heavy atom. The zero-order valence-electron chi connectivity index (χ0n) is 18.4. The average molecular weight is 444 g/mol. The number of nitrogens with zero attached hydrogens (tertiary/aromatic N) is 2. The van der Waals surface area contributed by atoms with Gasteiger partial charge in [-0.15, -0.1) is 0 Å². The summed E-state index contributed by atoms with van der Waals surface area (Å²) >= 11 is 0. The zero-order valence-corrected chi connectivity index (χ0v) is 18.4. The molecule has 2 heterocycles. The Bertz CT molecular complexity index is 1090. The molecule has 0 bridgehead atoms. The molecule has 0 spiro atoms. The van der Waals surface area contributed by atoms with Crippen LogP contribution in [0.15, 0.2) is 42.5 Å². The Balaban J connectivity index is 1.64. The standard InChI is InChI=1S/C25H28F3N3O/c1-17-12-21-22(30-24(29-2)15-23(21)31-10-5-3-4-6-11-31)13-18(17)16-32-20-9-7-8-19(14-20)25(26,27)28/h7-9,12-15H,3-6,10-11,16H2,1-2H3,(H,29,30). The predicted octanol–water partition coefficient (Wildman–Crippen LogP) is 6.56. The minimum Gasteiger partial charge on any atom is -0.489 e. The number of benzene rings is 2. The molecule has 2 aromatic carbocycles. The maximum atomic E-state index is 13.0. The van der Waals surface area contributed by atoms with Crippen LogP contribution < -0.4 is 15.0 Å². The van der Waals surface area contributed by atoms with Crippen molar-refractivity contribution in [1.29, 1.82) is 0 Å². The molecule has 4 nitrogen and oxygen atoms in total. The van der Waals surface area contributed by atoms with Gasteiger partial charge in [-0.25, -0.2) is 4.98 Å². The summed E-state index contributed by atoms with van der Waals surface area (Å²) in [5.74, 6) is 0.992. The number of nitrogens with one attached hydrogen (secondary N) is 1. The monoisotopic (exact) mass is 443 g/mol. The van der Waals surface area contributed by atoms with Crippen LogP contribution in [0.1, 0.15) is 42.4 Å². The fraction of sp³-hybridized carbons (Fsp3) is 0.400. The van der Waals surface area contributed by atoms with Crippen molar-refractivity contribution in [3.63, 3.8) is 0 Å². The fourth-order valence-corrected chi connectivity index (χ4v) is 4.19. The van der Waals surface area contributed by atoms with Crippen molar-refractivity contribution < 1.29 is 17.9 Å². The summed E-state index contributed by atoms with van der Waals surface area (Å²) in [5.41, 5.74) is 3.24. The zero-order chi connectivity index (χ0) is 22.7. The average Bonchev–Trinajstić information content (AvgIpc) is 3.06. The third-order valence-electron chi connectivity index (χ3n) is 6.00. The van der Waals surface area contributed by atoms with Gasteiger partial charge in [0.15, 0.2) is 0 Å². The molecule has 4 rings (SSSR count). The number of alkyl halides is 3. The molecular formula is C25H28F3N3O. The van der Waals surface area contributed by atoms with E-state index in [0.717, 1.165) is 53.1 Å². The van der Waals surface area contributed by atoms with E-state index < -0.39 is 11.7 Å². The summed E-state index contributed by atoms with van der Waals surface area (Å²) in [6.45, 7) is 4.24. The van der Waals surface area contributed by atoms with Gasteiger partial charge < -0.3 is 15.0 Å². The van der Waals surface area contributed by atoms with Gasteiger partial charge in [-0.1, -0.05) is 18.9 Å². The number of aryl methyl sites for hydroxylation is 1. The second-order valence-corrected chi connectivity index (χ2v) is 8.29. The lowest BCUT2D eigenvalue weighted by atomic mass is 10.0. The molecule has 32 heavy (non-hydrogen) atoms. The highest BCUT2D eigenvalue weighted by atomic mass is 19.4. The molecule has 1 fully saturated rings. The van der Waals surface area contributed by atoms with E-state index in [4.69, 9.17) is 9.72 Å². The molecule has 1 aromatic heterocycles. The van der Waals surface area contributed by atoms with Crippen LogP contribution >= 0.6 is 0 Å². The van der Waals surface area contributed by atoms with Gasteiger partial charge in [-0.05, 0) is 61.2 Å². The van der Waals surface area contributed by atoms with E-state index in [9.17, 15) is 13.2 Å². The van der Waals surface area contributed by atoms with E-state index in [2.05, 4.69) is 22.3 Å². The maximum Gasteiger partial charge on any atom is 0.416 e. The third kappa shape index (κ3) is 4.92. The molecule has 1 aliphatic rings. The molecule has 0 saturated carbocycles. The van der Waals surface area contributed by atoms with Gasteiger partial charge in [0.1, 0.15) is 18.2 Å². The quantitative estimate of drug-likeness (QED) is 0.484. The number of rotatable bonds is 5. The second-order valence-electron chi connectivity index (χ2n) is 8.29. The van der Waals surface area contributed by atoms with E-state index in [-0.39, 0.29) is 12.4 Å². The van der Waals surface area contributed by atoms with Gasteiger partial charge in [-0.3, -0.25) is 0 Å². The lowest BCUT2D eigenvalue weighted by molar-refractivity contribution is -0.137. The Hall–Kier alpha value is -2.96. The van der Waals surface area contributed by atoms with E-state index in [1.807, 2.05) is 20.0 Å². The largest absolute Gasteiger partial charge is 0.489 e. The summed E-state index contributed by atoms with van der Waals surface area (Å²) in [6, 6.07) is 11.2. The number of ether oxygens (including phenoxy) is 1. The first-order valence-electron chi connectivity index (χ1n) is 11.0. The molecule has 1 saturated heterocycles. The van der Waals surface area contributed by atoms with Crippen molar-refractivity contribution in [1.82, 2.24) is 4.98 Å². The maximum absolute atomic E-state index is 13.0. The van der Waals surface area contributed by atoms with Crippen LogP contribution in [0.4, 0.5) is 24.7 Å². The first-order chi connectivity index (χ1) is 15.3. The Labute approximate surface area is 186 Å². The number of hydrogen-bond donors (Lipinski definition) is 1. The predicted molar refractivity (Wildman–Crippen MR) is 122 cm³/mol. The molecule has 1 aliphatic heterocycles. The van der Waals surface area contributed by atoms with Crippen LogP contribution in [0.2, 0.25) is 0 Å². The first-order valence-corrected chi connectivity index (χ1v) is 11.0. The molecule has 0 atom stereocenters. The third-order valence-corrected chi connectivity index (χ3v) is 6.00. The van der Waals surface area contributed by atoms with Gasteiger partial charge >= 0.3 is 6.18 Å². The molecule has 0 radical (unpaired) electrons. The summed E-state index contributed by atoms with van der Waals surface area (Å²) in [5, 5.41) is 4.24. The van der Waals surface area contributed by atoms with Gasteiger partial charge in [0.05, 0.1) is 11.1 Å². The molecule has 1 N–H and O–H groups in total. The van der Waals surface area contributed by atoms with Gasteiger partial charge in [0.2, 0.25) is 0 Å². The highest BCUT2D eigenvalue weighted by Crippen LogP contribution is 2.34. The van der Waals surface area contributed by atoms with Gasteiger partial charge in [0.25, 0.3) is 0 Å². The normalized spacial score (nSPS) is 15.0. The van der Waals surface area contributed by atoms with Crippen molar-refractivity contribution >= 4 is 22.4 Å². The van der Waals surface area contributed by atoms with Crippen molar-refractivity contribution in [2.45, 2.75) is 45.4 Å². The highest BCUT2D eigenvalue weighted by molar-refractivity contribution is 5.94. The Morgan fingerprint density at radius 2 is 1.78 bits per heavy atom.